The van der Waals surface area contributed by atoms with Crippen LogP contribution < -0.4 is 10.6 Å². The molecule has 1 heterocycles. The Kier molecular flexibility index (Phi) is 3.79. The highest BCUT2D eigenvalue weighted by Gasteiger charge is 2.10. The van der Waals surface area contributed by atoms with Crippen molar-refractivity contribution in [1.82, 2.24) is 4.98 Å². The first kappa shape index (κ1) is 12.4. The number of halogens is 1. The monoisotopic (exact) mass is 261 g/mol. The number of carbonyl (C=O) groups is 1. The standard InChI is InChI=1S/C13H12ClN3O/c1-15-11-5-3-2-4-10(11)13(18)17-9-6-7-12(14)16-8-9/h2-8,15H,1H3,(H,17,18). The Labute approximate surface area is 110 Å². The van der Waals surface area contributed by atoms with Crippen molar-refractivity contribution < 1.29 is 4.79 Å². The molecule has 2 rings (SSSR count). The highest BCUT2D eigenvalue weighted by molar-refractivity contribution is 6.29. The number of hydrogen-bond donors (Lipinski definition) is 2. The first-order valence-electron chi connectivity index (χ1n) is 5.40. The fourth-order valence-corrected chi connectivity index (χ4v) is 1.66. The summed E-state index contributed by atoms with van der Waals surface area (Å²) >= 11 is 5.68. The van der Waals surface area contributed by atoms with Gasteiger partial charge in [-0.3, -0.25) is 4.79 Å². The Morgan fingerprint density at radius 1 is 1.22 bits per heavy atom. The van der Waals surface area contributed by atoms with Crippen LogP contribution in [-0.2, 0) is 0 Å². The molecule has 1 amide bonds. The predicted octanol–water partition coefficient (Wildman–Crippen LogP) is 3.03. The molecule has 18 heavy (non-hydrogen) atoms. The molecule has 0 unspecified atom stereocenters. The SMILES string of the molecule is CNc1ccccc1C(=O)Nc1ccc(Cl)nc1. The van der Waals surface area contributed by atoms with Gasteiger partial charge >= 0.3 is 0 Å². The van der Waals surface area contributed by atoms with E-state index in [4.69, 9.17) is 11.6 Å². The van der Waals surface area contributed by atoms with Crippen molar-refractivity contribution in [3.8, 4) is 0 Å². The van der Waals surface area contributed by atoms with Crippen molar-refractivity contribution in [3.63, 3.8) is 0 Å². The summed E-state index contributed by atoms with van der Waals surface area (Å²) in [4.78, 5) is 16.0. The van der Waals surface area contributed by atoms with Gasteiger partial charge in [-0.15, -0.1) is 0 Å². The van der Waals surface area contributed by atoms with E-state index in [0.717, 1.165) is 5.69 Å². The van der Waals surface area contributed by atoms with Crippen LogP contribution in [0.3, 0.4) is 0 Å². The normalized spacial score (nSPS) is 9.89. The minimum atomic E-state index is -0.191. The lowest BCUT2D eigenvalue weighted by Crippen LogP contribution is -2.13. The average Bonchev–Trinajstić information content (AvgIpc) is 2.41. The second-order valence-corrected chi connectivity index (χ2v) is 4.01. The number of rotatable bonds is 3. The molecule has 0 saturated carbocycles. The Balaban J connectivity index is 2.19. The van der Waals surface area contributed by atoms with E-state index in [1.165, 1.54) is 6.20 Å². The van der Waals surface area contributed by atoms with Gasteiger partial charge in [0.05, 0.1) is 17.4 Å². The second kappa shape index (κ2) is 5.51. The van der Waals surface area contributed by atoms with Crippen molar-refractivity contribution in [3.05, 3.63) is 53.3 Å². The predicted molar refractivity (Wildman–Crippen MR) is 73.2 cm³/mol. The summed E-state index contributed by atoms with van der Waals surface area (Å²) in [6.07, 6.45) is 1.52. The summed E-state index contributed by atoms with van der Waals surface area (Å²) < 4.78 is 0. The van der Waals surface area contributed by atoms with Crippen molar-refractivity contribution in [2.24, 2.45) is 0 Å². The molecule has 1 aromatic heterocycles. The second-order valence-electron chi connectivity index (χ2n) is 3.62. The minimum Gasteiger partial charge on any atom is -0.387 e. The highest BCUT2D eigenvalue weighted by atomic mass is 35.5. The summed E-state index contributed by atoms with van der Waals surface area (Å²) in [5.74, 6) is -0.191. The van der Waals surface area contributed by atoms with Gasteiger partial charge in [0.25, 0.3) is 5.91 Å². The molecular weight excluding hydrogens is 250 g/mol. The minimum absolute atomic E-state index is 0.191. The van der Waals surface area contributed by atoms with Crippen LogP contribution in [-0.4, -0.2) is 17.9 Å². The van der Waals surface area contributed by atoms with Crippen molar-refractivity contribution in [2.75, 3.05) is 17.7 Å². The van der Waals surface area contributed by atoms with Gasteiger partial charge in [0.2, 0.25) is 0 Å². The van der Waals surface area contributed by atoms with Gasteiger partial charge < -0.3 is 10.6 Å². The number of anilines is 2. The van der Waals surface area contributed by atoms with Gasteiger partial charge in [-0.05, 0) is 24.3 Å². The van der Waals surface area contributed by atoms with Crippen molar-refractivity contribution in [1.29, 1.82) is 0 Å². The van der Waals surface area contributed by atoms with Crippen LogP contribution in [0.25, 0.3) is 0 Å². The van der Waals surface area contributed by atoms with Crippen LogP contribution in [0.2, 0.25) is 5.15 Å². The topological polar surface area (TPSA) is 54.0 Å². The summed E-state index contributed by atoms with van der Waals surface area (Å²) in [6.45, 7) is 0. The molecule has 5 heteroatoms. The van der Waals surface area contributed by atoms with Gasteiger partial charge in [0.1, 0.15) is 5.15 Å². The average molecular weight is 262 g/mol. The lowest BCUT2D eigenvalue weighted by Gasteiger charge is -2.09. The van der Waals surface area contributed by atoms with E-state index in [0.29, 0.717) is 16.4 Å². The Hall–Kier alpha value is -2.07. The molecule has 4 nitrogen and oxygen atoms in total. The summed E-state index contributed by atoms with van der Waals surface area (Å²) in [5.41, 5.74) is 1.96. The zero-order valence-corrected chi connectivity index (χ0v) is 10.5. The van der Waals surface area contributed by atoms with Gasteiger partial charge in [0, 0.05) is 12.7 Å². The van der Waals surface area contributed by atoms with Crippen LogP contribution >= 0.6 is 11.6 Å². The maximum atomic E-state index is 12.1. The molecule has 0 radical (unpaired) electrons. The van der Waals surface area contributed by atoms with Gasteiger partial charge in [0.15, 0.2) is 0 Å². The first-order valence-corrected chi connectivity index (χ1v) is 5.78. The van der Waals surface area contributed by atoms with Crippen LogP contribution in [0.4, 0.5) is 11.4 Å². The van der Waals surface area contributed by atoms with Gasteiger partial charge in [-0.1, -0.05) is 23.7 Å². The van der Waals surface area contributed by atoms with E-state index in [-0.39, 0.29) is 5.91 Å². The highest BCUT2D eigenvalue weighted by Crippen LogP contribution is 2.17. The lowest BCUT2D eigenvalue weighted by molar-refractivity contribution is 0.102. The smallest absolute Gasteiger partial charge is 0.257 e. The molecule has 0 aliphatic heterocycles. The molecule has 0 bridgehead atoms. The zero-order valence-electron chi connectivity index (χ0n) is 9.77. The fraction of sp³-hybridized carbons (Fsp3) is 0.0769. The van der Waals surface area contributed by atoms with Crippen LogP contribution in [0.15, 0.2) is 42.6 Å². The molecule has 1 aromatic carbocycles. The molecule has 0 fully saturated rings. The number of pyridine rings is 1. The third-order valence-electron chi connectivity index (χ3n) is 2.43. The number of nitrogens with zero attached hydrogens (tertiary/aromatic N) is 1. The lowest BCUT2D eigenvalue weighted by atomic mass is 10.1. The largest absolute Gasteiger partial charge is 0.387 e. The Morgan fingerprint density at radius 3 is 2.67 bits per heavy atom. The maximum Gasteiger partial charge on any atom is 0.257 e. The van der Waals surface area contributed by atoms with Gasteiger partial charge in [-0.2, -0.15) is 0 Å². The maximum absolute atomic E-state index is 12.1. The molecular formula is C13H12ClN3O. The van der Waals surface area contributed by atoms with E-state index in [2.05, 4.69) is 15.6 Å². The van der Waals surface area contributed by atoms with E-state index in [1.54, 1.807) is 25.2 Å². The summed E-state index contributed by atoms with van der Waals surface area (Å²) in [7, 11) is 1.77. The third-order valence-corrected chi connectivity index (χ3v) is 2.65. The summed E-state index contributed by atoms with van der Waals surface area (Å²) in [5, 5.41) is 6.13. The Morgan fingerprint density at radius 2 is 2.00 bits per heavy atom. The van der Waals surface area contributed by atoms with E-state index >= 15 is 0 Å². The van der Waals surface area contributed by atoms with E-state index < -0.39 is 0 Å². The molecule has 0 atom stereocenters. The van der Waals surface area contributed by atoms with E-state index in [9.17, 15) is 4.79 Å². The number of carbonyl (C=O) groups excluding carboxylic acids is 1. The molecule has 0 saturated heterocycles. The molecule has 0 aliphatic rings. The van der Waals surface area contributed by atoms with Gasteiger partial charge in [-0.25, -0.2) is 4.98 Å². The first-order chi connectivity index (χ1) is 8.70. The number of hydrogen-bond acceptors (Lipinski definition) is 3. The Bertz CT molecular complexity index is 554. The van der Waals surface area contributed by atoms with Crippen LogP contribution in [0, 0.1) is 0 Å². The number of benzene rings is 1. The number of aromatic nitrogens is 1. The molecule has 0 aliphatic carbocycles. The zero-order chi connectivity index (χ0) is 13.0. The molecule has 2 N–H and O–H groups in total. The number of amides is 1. The van der Waals surface area contributed by atoms with Crippen LogP contribution in [0.5, 0.6) is 0 Å². The van der Waals surface area contributed by atoms with Crippen LogP contribution in [0.1, 0.15) is 10.4 Å². The third kappa shape index (κ3) is 2.78. The summed E-state index contributed by atoms with van der Waals surface area (Å²) in [6, 6.07) is 10.6. The fourth-order valence-electron chi connectivity index (χ4n) is 1.55. The quantitative estimate of drug-likeness (QED) is 0.835. The molecule has 2 aromatic rings. The van der Waals surface area contributed by atoms with Crippen molar-refractivity contribution >= 4 is 28.9 Å². The molecule has 92 valence electrons. The molecule has 0 spiro atoms. The number of nitrogens with one attached hydrogen (secondary N) is 2. The number of para-hydroxylation sites is 1. The van der Waals surface area contributed by atoms with E-state index in [1.807, 2.05) is 18.2 Å². The van der Waals surface area contributed by atoms with Crippen molar-refractivity contribution in [2.45, 2.75) is 0 Å².